The molecule has 2 rings (SSSR count). The fourth-order valence-electron chi connectivity index (χ4n) is 2.73. The summed E-state index contributed by atoms with van der Waals surface area (Å²) >= 11 is 0. The smallest absolute Gasteiger partial charge is 0.244 e. The average Bonchev–Trinajstić information content (AvgIpc) is 2.77. The summed E-state index contributed by atoms with van der Waals surface area (Å²) in [6, 6.07) is 7.15. The van der Waals surface area contributed by atoms with E-state index in [0.717, 1.165) is 37.3 Å². The maximum atomic E-state index is 12.5. The third-order valence-electron chi connectivity index (χ3n) is 3.88. The van der Waals surface area contributed by atoms with Gasteiger partial charge in [-0.15, -0.1) is 0 Å². The molecule has 0 spiro atoms. The minimum atomic E-state index is -0.246. The number of amides is 2. The number of anilines is 2. The average molecular weight is 303 g/mol. The molecular weight excluding hydrogens is 278 g/mol. The van der Waals surface area contributed by atoms with E-state index in [-0.39, 0.29) is 17.9 Å². The summed E-state index contributed by atoms with van der Waals surface area (Å²) in [5.74, 6) is 0.0678. The van der Waals surface area contributed by atoms with Crippen LogP contribution in [0.5, 0.6) is 0 Å². The lowest BCUT2D eigenvalue weighted by molar-refractivity contribution is -0.131. The van der Waals surface area contributed by atoms with Crippen LogP contribution in [0.25, 0.3) is 0 Å². The minimum Gasteiger partial charge on any atom is -0.374 e. The van der Waals surface area contributed by atoms with E-state index in [2.05, 4.69) is 10.6 Å². The first-order valence-corrected chi connectivity index (χ1v) is 7.99. The molecule has 1 fully saturated rings. The molecule has 0 unspecified atom stereocenters. The van der Waals surface area contributed by atoms with E-state index < -0.39 is 0 Å². The van der Waals surface area contributed by atoms with Crippen LogP contribution in [0.15, 0.2) is 24.3 Å². The Morgan fingerprint density at radius 2 is 1.55 bits per heavy atom. The van der Waals surface area contributed by atoms with Crippen LogP contribution < -0.4 is 10.6 Å². The van der Waals surface area contributed by atoms with Gasteiger partial charge < -0.3 is 15.5 Å². The summed E-state index contributed by atoms with van der Waals surface area (Å²) in [6.07, 6.45) is 4.64. The zero-order valence-electron chi connectivity index (χ0n) is 13.4. The molecule has 0 aliphatic carbocycles. The molecule has 0 radical (unpaired) electrons. The van der Waals surface area contributed by atoms with Gasteiger partial charge in [0.05, 0.1) is 0 Å². The third kappa shape index (κ3) is 4.76. The number of carbonyl (C=O) groups excluding carboxylic acids is 2. The standard InChI is InChI=1S/C17H25N3O2/c1-13(17(22)20-11-5-3-4-6-12-20)18-15-7-9-16(10-8-15)19-14(2)21/h7-10,13,18H,3-6,11-12H2,1-2H3,(H,19,21)/t13-/m0/s1. The summed E-state index contributed by atoms with van der Waals surface area (Å²) in [7, 11) is 0. The zero-order chi connectivity index (χ0) is 15.9. The Labute approximate surface area is 132 Å². The van der Waals surface area contributed by atoms with Crippen LogP contribution in [0.3, 0.4) is 0 Å². The lowest BCUT2D eigenvalue weighted by atomic mass is 10.2. The molecule has 0 saturated carbocycles. The van der Waals surface area contributed by atoms with E-state index in [4.69, 9.17) is 0 Å². The molecule has 0 aromatic heterocycles. The van der Waals surface area contributed by atoms with E-state index in [1.54, 1.807) is 0 Å². The SMILES string of the molecule is CC(=O)Nc1ccc(N[C@@H](C)C(=O)N2CCCCCC2)cc1. The molecule has 1 heterocycles. The van der Waals surface area contributed by atoms with Gasteiger partial charge in [0.15, 0.2) is 0 Å². The van der Waals surface area contributed by atoms with Crippen LogP contribution in [0.2, 0.25) is 0 Å². The van der Waals surface area contributed by atoms with Gasteiger partial charge in [-0.1, -0.05) is 12.8 Å². The maximum absolute atomic E-state index is 12.5. The van der Waals surface area contributed by atoms with Crippen molar-refractivity contribution in [2.45, 2.75) is 45.6 Å². The Morgan fingerprint density at radius 1 is 1.00 bits per heavy atom. The topological polar surface area (TPSA) is 61.4 Å². The van der Waals surface area contributed by atoms with E-state index in [1.165, 1.54) is 19.8 Å². The number of nitrogens with zero attached hydrogens (tertiary/aromatic N) is 1. The number of likely N-dealkylation sites (tertiary alicyclic amines) is 1. The lowest BCUT2D eigenvalue weighted by Crippen LogP contribution is -2.41. The van der Waals surface area contributed by atoms with Crippen molar-refractivity contribution in [2.75, 3.05) is 23.7 Å². The molecule has 2 amide bonds. The van der Waals surface area contributed by atoms with Gasteiger partial charge in [-0.2, -0.15) is 0 Å². The van der Waals surface area contributed by atoms with Gasteiger partial charge in [0.1, 0.15) is 6.04 Å². The molecule has 1 aliphatic rings. The molecule has 5 heteroatoms. The highest BCUT2D eigenvalue weighted by Gasteiger charge is 2.21. The second kappa shape index (κ2) is 7.82. The second-order valence-corrected chi connectivity index (χ2v) is 5.86. The molecule has 1 aliphatic heterocycles. The van der Waals surface area contributed by atoms with Crippen LogP contribution in [0.1, 0.15) is 39.5 Å². The lowest BCUT2D eigenvalue weighted by Gasteiger charge is -2.25. The van der Waals surface area contributed by atoms with Gasteiger partial charge >= 0.3 is 0 Å². The molecule has 1 saturated heterocycles. The second-order valence-electron chi connectivity index (χ2n) is 5.86. The molecule has 0 bridgehead atoms. The molecule has 22 heavy (non-hydrogen) atoms. The summed E-state index contributed by atoms with van der Waals surface area (Å²) in [6.45, 7) is 5.11. The van der Waals surface area contributed by atoms with Crippen molar-refractivity contribution in [1.29, 1.82) is 0 Å². The number of carbonyl (C=O) groups is 2. The van der Waals surface area contributed by atoms with Crippen molar-refractivity contribution in [3.05, 3.63) is 24.3 Å². The number of benzene rings is 1. The Morgan fingerprint density at radius 3 is 2.09 bits per heavy atom. The summed E-state index contributed by atoms with van der Waals surface area (Å²) in [5, 5.41) is 5.96. The number of hydrogen-bond acceptors (Lipinski definition) is 3. The van der Waals surface area contributed by atoms with Gasteiger partial charge in [-0.05, 0) is 44.0 Å². The molecule has 5 nitrogen and oxygen atoms in total. The zero-order valence-corrected chi connectivity index (χ0v) is 13.4. The Hall–Kier alpha value is -2.04. The number of hydrogen-bond donors (Lipinski definition) is 2. The van der Waals surface area contributed by atoms with E-state index in [1.807, 2.05) is 36.1 Å². The molecule has 1 atom stereocenters. The summed E-state index contributed by atoms with van der Waals surface area (Å²) in [5.41, 5.74) is 1.63. The Kier molecular flexibility index (Phi) is 5.81. The van der Waals surface area contributed by atoms with Crippen LogP contribution in [0.4, 0.5) is 11.4 Å². The van der Waals surface area contributed by atoms with Crippen LogP contribution >= 0.6 is 0 Å². The van der Waals surface area contributed by atoms with E-state index in [9.17, 15) is 9.59 Å². The van der Waals surface area contributed by atoms with Gasteiger partial charge in [0.25, 0.3) is 0 Å². The first-order chi connectivity index (χ1) is 10.6. The fraction of sp³-hybridized carbons (Fsp3) is 0.529. The van der Waals surface area contributed by atoms with Crippen LogP contribution in [-0.4, -0.2) is 35.8 Å². The fourth-order valence-corrected chi connectivity index (χ4v) is 2.73. The van der Waals surface area contributed by atoms with Crippen molar-refractivity contribution >= 4 is 23.2 Å². The van der Waals surface area contributed by atoms with E-state index in [0.29, 0.717) is 0 Å². The molecule has 1 aromatic rings. The summed E-state index contributed by atoms with van der Waals surface area (Å²) < 4.78 is 0. The highest BCUT2D eigenvalue weighted by Crippen LogP contribution is 2.16. The van der Waals surface area contributed by atoms with Gasteiger partial charge in [-0.25, -0.2) is 0 Å². The maximum Gasteiger partial charge on any atom is 0.244 e. The number of nitrogens with one attached hydrogen (secondary N) is 2. The summed E-state index contributed by atoms with van der Waals surface area (Å²) in [4.78, 5) is 25.4. The predicted molar refractivity (Wildman–Crippen MR) is 88.9 cm³/mol. The van der Waals surface area contributed by atoms with E-state index >= 15 is 0 Å². The van der Waals surface area contributed by atoms with Crippen molar-refractivity contribution in [2.24, 2.45) is 0 Å². The largest absolute Gasteiger partial charge is 0.374 e. The number of rotatable bonds is 4. The first-order valence-electron chi connectivity index (χ1n) is 7.99. The molecule has 120 valence electrons. The minimum absolute atomic E-state index is 0.0922. The van der Waals surface area contributed by atoms with Crippen molar-refractivity contribution < 1.29 is 9.59 Å². The van der Waals surface area contributed by atoms with Gasteiger partial charge in [0.2, 0.25) is 11.8 Å². The Bertz CT molecular complexity index is 505. The quantitative estimate of drug-likeness (QED) is 0.899. The molecular formula is C17H25N3O2. The monoisotopic (exact) mass is 303 g/mol. The highest BCUT2D eigenvalue weighted by molar-refractivity contribution is 5.89. The van der Waals surface area contributed by atoms with Crippen molar-refractivity contribution in [1.82, 2.24) is 4.90 Å². The first kappa shape index (κ1) is 16.3. The third-order valence-corrected chi connectivity index (χ3v) is 3.88. The molecule has 1 aromatic carbocycles. The molecule has 2 N–H and O–H groups in total. The van der Waals surface area contributed by atoms with Crippen molar-refractivity contribution in [3.63, 3.8) is 0 Å². The predicted octanol–water partition coefficient (Wildman–Crippen LogP) is 2.85. The van der Waals surface area contributed by atoms with Crippen LogP contribution in [-0.2, 0) is 9.59 Å². The van der Waals surface area contributed by atoms with Crippen LogP contribution in [0, 0.1) is 0 Å². The van der Waals surface area contributed by atoms with Gasteiger partial charge in [0, 0.05) is 31.4 Å². The normalized spacial score (nSPS) is 16.5. The van der Waals surface area contributed by atoms with Gasteiger partial charge in [-0.3, -0.25) is 9.59 Å². The highest BCUT2D eigenvalue weighted by atomic mass is 16.2. The Balaban J connectivity index is 1.91. The van der Waals surface area contributed by atoms with Crippen molar-refractivity contribution in [3.8, 4) is 0 Å².